The Labute approximate surface area is 192 Å². The van der Waals surface area contributed by atoms with E-state index in [0.717, 1.165) is 34.6 Å². The van der Waals surface area contributed by atoms with Crippen molar-refractivity contribution in [3.63, 3.8) is 0 Å². The zero-order chi connectivity index (χ0) is 21.6. The summed E-state index contributed by atoms with van der Waals surface area (Å²) in [7, 11) is 2.04. The second-order valence-electron chi connectivity index (χ2n) is 8.31. The minimum Gasteiger partial charge on any atom is -0.364 e. The molecule has 6 heteroatoms. The number of H-pyrrole nitrogens is 1. The molecule has 2 atom stereocenters. The monoisotopic (exact) mass is 450 g/mol. The van der Waals surface area contributed by atoms with E-state index in [9.17, 15) is 0 Å². The summed E-state index contributed by atoms with van der Waals surface area (Å²) in [5.41, 5.74) is 13.5. The lowest BCUT2D eigenvalue weighted by Gasteiger charge is -2.42. The Morgan fingerprint density at radius 1 is 1.10 bits per heavy atom. The Morgan fingerprint density at radius 2 is 1.90 bits per heavy atom. The Hall–Kier alpha value is -2.53. The van der Waals surface area contributed by atoms with Gasteiger partial charge in [-0.1, -0.05) is 53.5 Å². The van der Waals surface area contributed by atoms with Crippen molar-refractivity contribution in [3.8, 4) is 11.1 Å². The van der Waals surface area contributed by atoms with Gasteiger partial charge >= 0.3 is 0 Å². The van der Waals surface area contributed by atoms with Crippen molar-refractivity contribution in [2.24, 2.45) is 10.7 Å². The fourth-order valence-corrected chi connectivity index (χ4v) is 5.16. The summed E-state index contributed by atoms with van der Waals surface area (Å²) in [6, 6.07) is 15.9. The summed E-state index contributed by atoms with van der Waals surface area (Å²) >= 11 is 12.4. The molecule has 158 valence electrons. The molecule has 0 spiro atoms. The molecule has 2 aliphatic rings. The first-order chi connectivity index (χ1) is 15.0. The molecule has 3 aromatic rings. The number of fused-ring (bicyclic) bond motifs is 1. The number of nitrogens with one attached hydrogen (secondary N) is 1. The summed E-state index contributed by atoms with van der Waals surface area (Å²) in [5.74, 6) is 0. The third-order valence-electron chi connectivity index (χ3n) is 6.52. The summed E-state index contributed by atoms with van der Waals surface area (Å²) in [6.07, 6.45) is 8.01. The van der Waals surface area contributed by atoms with Gasteiger partial charge in [-0.25, -0.2) is 0 Å². The molecule has 1 aliphatic heterocycles. The van der Waals surface area contributed by atoms with Crippen molar-refractivity contribution >= 4 is 35.6 Å². The smallest absolute Gasteiger partial charge is 0.0853 e. The molecular weight excluding hydrogens is 427 g/mol. The normalized spacial score (nSPS) is 19.8. The minimum absolute atomic E-state index is 0.0371. The van der Waals surface area contributed by atoms with Gasteiger partial charge in [0.1, 0.15) is 0 Å². The SMILES string of the molecule is CN1C=NCC1C(N)(C1=Cc2c(-c3cccc(Cl)c3)c[nH]c2CC1)c1ccc(Cl)cc1. The van der Waals surface area contributed by atoms with E-state index in [1.54, 1.807) is 0 Å². The standard InChI is InChI=1S/C25H24Cl2N4/c1-31-15-29-14-24(31)25(28,17-5-8-19(26)9-6-17)18-7-10-23-21(12-18)22(13-30-23)16-3-2-4-20(27)11-16/h2-6,8-9,11-13,15,24,30H,7,10,14,28H2,1H3. The Balaban J connectivity index is 1.64. The van der Waals surface area contributed by atoms with E-state index in [0.29, 0.717) is 11.6 Å². The predicted octanol–water partition coefficient (Wildman–Crippen LogP) is 5.51. The highest BCUT2D eigenvalue weighted by molar-refractivity contribution is 6.31. The predicted molar refractivity (Wildman–Crippen MR) is 130 cm³/mol. The zero-order valence-electron chi connectivity index (χ0n) is 17.3. The third kappa shape index (κ3) is 3.49. The average molecular weight is 451 g/mol. The Morgan fingerprint density at radius 3 is 2.61 bits per heavy atom. The second kappa shape index (κ2) is 7.86. The van der Waals surface area contributed by atoms with Crippen LogP contribution < -0.4 is 5.73 Å². The molecule has 5 rings (SSSR count). The number of hydrogen-bond donors (Lipinski definition) is 2. The van der Waals surface area contributed by atoms with Crippen LogP contribution in [0.2, 0.25) is 10.0 Å². The largest absolute Gasteiger partial charge is 0.364 e. The van der Waals surface area contributed by atoms with Crippen LogP contribution in [0, 0.1) is 0 Å². The number of halogens is 2. The van der Waals surface area contributed by atoms with Gasteiger partial charge in [-0.15, -0.1) is 0 Å². The van der Waals surface area contributed by atoms with E-state index in [1.807, 2.05) is 55.9 Å². The van der Waals surface area contributed by atoms with E-state index < -0.39 is 5.54 Å². The summed E-state index contributed by atoms with van der Waals surface area (Å²) in [6.45, 7) is 0.661. The summed E-state index contributed by atoms with van der Waals surface area (Å²) < 4.78 is 0. The van der Waals surface area contributed by atoms with Crippen LogP contribution in [0.4, 0.5) is 0 Å². The number of aryl methyl sites for hydroxylation is 1. The molecule has 0 radical (unpaired) electrons. The average Bonchev–Trinajstić information content (AvgIpc) is 3.39. The maximum Gasteiger partial charge on any atom is 0.0853 e. The molecule has 2 heterocycles. The molecule has 1 aromatic heterocycles. The van der Waals surface area contributed by atoms with E-state index in [-0.39, 0.29) is 6.04 Å². The molecule has 0 bridgehead atoms. The molecule has 0 saturated carbocycles. The van der Waals surface area contributed by atoms with Crippen molar-refractivity contribution in [1.82, 2.24) is 9.88 Å². The van der Waals surface area contributed by atoms with Gasteiger partial charge in [0.2, 0.25) is 0 Å². The highest BCUT2D eigenvalue weighted by atomic mass is 35.5. The quantitative estimate of drug-likeness (QED) is 0.549. The molecule has 1 aliphatic carbocycles. The van der Waals surface area contributed by atoms with Crippen LogP contribution in [-0.2, 0) is 12.0 Å². The zero-order valence-corrected chi connectivity index (χ0v) is 18.8. The van der Waals surface area contributed by atoms with Gasteiger partial charge in [-0.05, 0) is 53.8 Å². The highest BCUT2D eigenvalue weighted by Gasteiger charge is 2.44. The number of aromatic amines is 1. The van der Waals surface area contributed by atoms with Gasteiger partial charge in [0, 0.05) is 40.1 Å². The van der Waals surface area contributed by atoms with Gasteiger partial charge in [0.05, 0.1) is 24.5 Å². The first kappa shape index (κ1) is 20.4. The van der Waals surface area contributed by atoms with Crippen molar-refractivity contribution in [2.45, 2.75) is 24.4 Å². The van der Waals surface area contributed by atoms with E-state index >= 15 is 0 Å². The van der Waals surface area contributed by atoms with Crippen molar-refractivity contribution in [1.29, 1.82) is 0 Å². The number of hydrogen-bond acceptors (Lipinski definition) is 3. The van der Waals surface area contributed by atoms with Gasteiger partial charge < -0.3 is 15.6 Å². The van der Waals surface area contributed by atoms with E-state index in [1.165, 1.54) is 16.8 Å². The number of benzene rings is 2. The molecule has 2 unspecified atom stereocenters. The van der Waals surface area contributed by atoms with E-state index in [2.05, 4.69) is 33.2 Å². The number of rotatable bonds is 4. The third-order valence-corrected chi connectivity index (χ3v) is 7.00. The van der Waals surface area contributed by atoms with Crippen molar-refractivity contribution < 1.29 is 0 Å². The highest BCUT2D eigenvalue weighted by Crippen LogP contribution is 2.42. The Bertz CT molecular complexity index is 1180. The lowest BCUT2D eigenvalue weighted by atomic mass is 9.73. The van der Waals surface area contributed by atoms with Crippen LogP contribution >= 0.6 is 23.2 Å². The fraction of sp³-hybridized carbons (Fsp3) is 0.240. The van der Waals surface area contributed by atoms with Gasteiger partial charge in [0.25, 0.3) is 0 Å². The Kier molecular flexibility index (Phi) is 5.17. The van der Waals surface area contributed by atoms with Crippen molar-refractivity contribution in [2.75, 3.05) is 13.6 Å². The van der Waals surface area contributed by atoms with Crippen LogP contribution in [0.1, 0.15) is 23.2 Å². The molecule has 4 nitrogen and oxygen atoms in total. The molecule has 0 fully saturated rings. The first-order valence-electron chi connectivity index (χ1n) is 10.4. The second-order valence-corrected chi connectivity index (χ2v) is 9.19. The topological polar surface area (TPSA) is 57.4 Å². The van der Waals surface area contributed by atoms with Crippen molar-refractivity contribution in [3.05, 3.63) is 87.2 Å². The fourth-order valence-electron chi connectivity index (χ4n) is 4.84. The maximum absolute atomic E-state index is 7.31. The van der Waals surface area contributed by atoms with Crippen LogP contribution in [0.15, 0.2) is 65.3 Å². The number of nitrogens with two attached hydrogens (primary N) is 1. The summed E-state index contributed by atoms with van der Waals surface area (Å²) in [4.78, 5) is 10.1. The van der Waals surface area contributed by atoms with Gasteiger partial charge in [0.15, 0.2) is 0 Å². The molecule has 31 heavy (non-hydrogen) atoms. The lowest BCUT2D eigenvalue weighted by Crippen LogP contribution is -2.56. The summed E-state index contributed by atoms with van der Waals surface area (Å²) in [5, 5.41) is 1.43. The van der Waals surface area contributed by atoms with Crippen LogP contribution in [0.5, 0.6) is 0 Å². The molecule has 3 N–H and O–H groups in total. The lowest BCUT2D eigenvalue weighted by molar-refractivity contribution is 0.275. The minimum atomic E-state index is -0.684. The van der Waals surface area contributed by atoms with Crippen LogP contribution in [-0.4, -0.2) is 35.9 Å². The first-order valence-corrected chi connectivity index (χ1v) is 11.2. The molecule has 0 amide bonds. The van der Waals surface area contributed by atoms with Gasteiger partial charge in [-0.3, -0.25) is 4.99 Å². The number of nitrogens with zero attached hydrogens (tertiary/aromatic N) is 2. The molecular formula is C25H24Cl2N4. The van der Waals surface area contributed by atoms with Gasteiger partial charge in [-0.2, -0.15) is 0 Å². The number of aromatic nitrogens is 1. The molecule has 2 aromatic carbocycles. The van der Waals surface area contributed by atoms with E-state index in [4.69, 9.17) is 28.9 Å². The maximum atomic E-state index is 7.31. The van der Waals surface area contributed by atoms with Crippen LogP contribution in [0.25, 0.3) is 17.2 Å². The van der Waals surface area contributed by atoms with Crippen LogP contribution in [0.3, 0.4) is 0 Å². The number of likely N-dealkylation sites (N-methyl/N-ethyl adjacent to an activating group) is 1. The number of aliphatic imine (C=N–C) groups is 1. The molecule has 0 saturated heterocycles.